The van der Waals surface area contributed by atoms with E-state index in [-0.39, 0.29) is 15.9 Å². The number of carboxylic acid groups (broad SMARTS) is 1. The monoisotopic (exact) mass is 447 g/mol. The second-order valence-electron chi connectivity index (χ2n) is 6.20. The molecule has 3 rings (SSSR count). The van der Waals surface area contributed by atoms with Crippen molar-refractivity contribution in [3.63, 3.8) is 0 Å². The van der Waals surface area contributed by atoms with E-state index in [9.17, 15) is 23.3 Å². The molecule has 2 aromatic rings. The summed E-state index contributed by atoms with van der Waals surface area (Å²) in [6.45, 7) is 4.39. The van der Waals surface area contributed by atoms with Gasteiger partial charge in [-0.25, -0.2) is 14.8 Å². The number of rotatable bonds is 4. The number of carbonyl (C=O) groups is 1. The van der Waals surface area contributed by atoms with E-state index in [2.05, 4.69) is 19.8 Å². The van der Waals surface area contributed by atoms with Gasteiger partial charge in [0, 0.05) is 68.5 Å². The van der Waals surface area contributed by atoms with E-state index >= 15 is 0 Å². The van der Waals surface area contributed by atoms with Crippen LogP contribution >= 0.6 is 11.6 Å². The maximum absolute atomic E-state index is 10.7. The summed E-state index contributed by atoms with van der Waals surface area (Å²) in [6.07, 6.45) is -1.59. The molecule has 13 heteroatoms. The van der Waals surface area contributed by atoms with Crippen LogP contribution in [0.25, 0.3) is 0 Å². The lowest BCUT2D eigenvalue weighted by molar-refractivity contribution is -0.384. The summed E-state index contributed by atoms with van der Waals surface area (Å²) in [5, 5.41) is 18.1. The van der Waals surface area contributed by atoms with Gasteiger partial charge in [0.25, 0.3) is 5.69 Å². The third-order valence-corrected chi connectivity index (χ3v) is 4.32. The Kier molecular flexibility index (Phi) is 7.89. The lowest BCUT2D eigenvalue weighted by Crippen LogP contribution is -2.45. The minimum absolute atomic E-state index is 0.120. The van der Waals surface area contributed by atoms with Crippen molar-refractivity contribution in [3.8, 4) is 0 Å². The third-order valence-electron chi connectivity index (χ3n) is 4.12. The first kappa shape index (κ1) is 23.3. The van der Waals surface area contributed by atoms with Crippen LogP contribution in [0.4, 0.5) is 24.5 Å². The fraction of sp³-hybridized carbons (Fsp3) is 0.353. The van der Waals surface area contributed by atoms with Gasteiger partial charge in [-0.05, 0) is 23.7 Å². The number of carboxylic acids is 1. The molecular weight excluding hydrogens is 431 g/mol. The van der Waals surface area contributed by atoms with Gasteiger partial charge in [0.15, 0.2) is 0 Å². The molecule has 0 bridgehead atoms. The number of halogens is 4. The number of non-ortho nitro benzene ring substituents is 1. The predicted molar refractivity (Wildman–Crippen MR) is 101 cm³/mol. The van der Waals surface area contributed by atoms with Crippen molar-refractivity contribution in [2.75, 3.05) is 31.1 Å². The summed E-state index contributed by atoms with van der Waals surface area (Å²) in [5.74, 6) is -2.76. The van der Waals surface area contributed by atoms with Crippen molar-refractivity contribution in [2.45, 2.75) is 12.7 Å². The zero-order valence-electron chi connectivity index (χ0n) is 15.4. The fourth-order valence-corrected chi connectivity index (χ4v) is 2.73. The summed E-state index contributed by atoms with van der Waals surface area (Å²) in [5.41, 5.74) is 2.18. The van der Waals surface area contributed by atoms with Gasteiger partial charge in [-0.15, -0.1) is 0 Å². The molecule has 0 spiro atoms. The number of aliphatic carboxylic acids is 1. The van der Waals surface area contributed by atoms with Crippen LogP contribution in [-0.4, -0.2) is 63.2 Å². The van der Waals surface area contributed by atoms with E-state index in [0.717, 1.165) is 44.0 Å². The summed E-state index contributed by atoms with van der Waals surface area (Å²) in [7, 11) is 0. The number of hydrogen-bond acceptors (Lipinski definition) is 7. The molecule has 2 heterocycles. The average Bonchev–Trinajstić information content (AvgIpc) is 2.70. The number of nitro benzene ring substituents is 1. The second-order valence-corrected chi connectivity index (χ2v) is 6.54. The molecule has 0 aliphatic carbocycles. The van der Waals surface area contributed by atoms with Crippen LogP contribution in [0.2, 0.25) is 5.28 Å². The van der Waals surface area contributed by atoms with E-state index < -0.39 is 12.1 Å². The van der Waals surface area contributed by atoms with Gasteiger partial charge < -0.3 is 10.0 Å². The minimum Gasteiger partial charge on any atom is -0.475 e. The Hall–Kier alpha value is -2.99. The third kappa shape index (κ3) is 7.12. The van der Waals surface area contributed by atoms with Gasteiger partial charge >= 0.3 is 12.1 Å². The Balaban J connectivity index is 0.000000396. The Labute approximate surface area is 173 Å². The van der Waals surface area contributed by atoms with Crippen molar-refractivity contribution in [2.24, 2.45) is 0 Å². The van der Waals surface area contributed by atoms with Gasteiger partial charge in [0.05, 0.1) is 4.92 Å². The number of piperazine rings is 1. The van der Waals surface area contributed by atoms with Crippen LogP contribution in [0.15, 0.2) is 36.7 Å². The van der Waals surface area contributed by atoms with Crippen LogP contribution in [0, 0.1) is 10.1 Å². The van der Waals surface area contributed by atoms with Crippen molar-refractivity contribution in [3.05, 3.63) is 57.6 Å². The molecule has 0 unspecified atom stereocenters. The van der Waals surface area contributed by atoms with E-state index in [1.165, 1.54) is 0 Å². The van der Waals surface area contributed by atoms with Gasteiger partial charge in [0.2, 0.25) is 5.28 Å². The summed E-state index contributed by atoms with van der Waals surface area (Å²) in [4.78, 5) is 31.8. The van der Waals surface area contributed by atoms with E-state index in [0.29, 0.717) is 0 Å². The minimum atomic E-state index is -5.08. The molecule has 1 aromatic carbocycles. The smallest absolute Gasteiger partial charge is 0.475 e. The van der Waals surface area contributed by atoms with Crippen LogP contribution in [0.3, 0.4) is 0 Å². The van der Waals surface area contributed by atoms with Crippen molar-refractivity contribution >= 4 is 28.9 Å². The molecule has 1 fully saturated rings. The first-order valence-corrected chi connectivity index (χ1v) is 8.92. The van der Waals surface area contributed by atoms with Gasteiger partial charge in [-0.3, -0.25) is 15.0 Å². The number of nitrogens with zero attached hydrogens (tertiary/aromatic N) is 5. The topological polar surface area (TPSA) is 113 Å². The summed E-state index contributed by atoms with van der Waals surface area (Å²) < 4.78 is 31.7. The number of benzene rings is 1. The molecular formula is C17H17ClF3N5O4. The molecule has 1 aromatic heterocycles. The molecule has 1 N–H and O–H groups in total. The molecule has 162 valence electrons. The number of alkyl halides is 3. The largest absolute Gasteiger partial charge is 0.490 e. The summed E-state index contributed by atoms with van der Waals surface area (Å²) in [6, 6.07) is 6.71. The molecule has 30 heavy (non-hydrogen) atoms. The lowest BCUT2D eigenvalue weighted by Gasteiger charge is -2.36. The highest BCUT2D eigenvalue weighted by Crippen LogP contribution is 2.21. The van der Waals surface area contributed by atoms with Crippen LogP contribution in [0.1, 0.15) is 5.56 Å². The molecule has 0 saturated carbocycles. The predicted octanol–water partition coefficient (Wildman–Crippen LogP) is 2.99. The first-order valence-electron chi connectivity index (χ1n) is 8.54. The second kappa shape index (κ2) is 10.2. The highest BCUT2D eigenvalue weighted by atomic mass is 35.5. The van der Waals surface area contributed by atoms with Crippen LogP contribution in [0.5, 0.6) is 0 Å². The van der Waals surface area contributed by atoms with Crippen molar-refractivity contribution < 1.29 is 28.0 Å². The lowest BCUT2D eigenvalue weighted by atomic mass is 10.2. The molecule has 9 nitrogen and oxygen atoms in total. The maximum atomic E-state index is 10.7. The van der Waals surface area contributed by atoms with Gasteiger partial charge in [-0.2, -0.15) is 13.2 Å². The zero-order chi connectivity index (χ0) is 22.3. The molecule has 1 aliphatic heterocycles. The molecule has 0 atom stereocenters. The van der Waals surface area contributed by atoms with Crippen LogP contribution in [-0.2, 0) is 11.3 Å². The van der Waals surface area contributed by atoms with Gasteiger partial charge in [0.1, 0.15) is 0 Å². The zero-order valence-corrected chi connectivity index (χ0v) is 16.2. The van der Waals surface area contributed by atoms with Gasteiger partial charge in [-0.1, -0.05) is 0 Å². The average molecular weight is 448 g/mol. The first-order chi connectivity index (χ1) is 14.1. The maximum Gasteiger partial charge on any atom is 0.490 e. The Bertz CT molecular complexity index is 857. The highest BCUT2D eigenvalue weighted by Gasteiger charge is 2.38. The molecule has 1 saturated heterocycles. The summed E-state index contributed by atoms with van der Waals surface area (Å²) >= 11 is 5.69. The number of nitro groups is 1. The van der Waals surface area contributed by atoms with E-state index in [4.69, 9.17) is 21.5 Å². The highest BCUT2D eigenvalue weighted by molar-refractivity contribution is 6.28. The molecule has 0 radical (unpaired) electrons. The quantitative estimate of drug-likeness (QED) is 0.432. The van der Waals surface area contributed by atoms with Crippen molar-refractivity contribution in [1.82, 2.24) is 14.9 Å². The molecule has 0 amide bonds. The Morgan fingerprint density at radius 3 is 2.07 bits per heavy atom. The van der Waals surface area contributed by atoms with Crippen LogP contribution < -0.4 is 4.90 Å². The SMILES string of the molecule is O=C(O)C(F)(F)F.O=[N+]([O-])c1ccc(N2CCN(Cc3cnc(Cl)nc3)CC2)cc1. The molecule has 1 aliphatic rings. The Morgan fingerprint density at radius 1 is 1.13 bits per heavy atom. The Morgan fingerprint density at radius 2 is 1.63 bits per heavy atom. The fourth-order valence-electron chi connectivity index (χ4n) is 2.63. The van der Waals surface area contributed by atoms with Crippen molar-refractivity contribution in [1.29, 1.82) is 0 Å². The standard InChI is InChI=1S/C15H16ClN5O2.C2HF3O2/c16-15-17-9-12(10-18-15)11-19-5-7-20(8-6-19)13-1-3-14(4-2-13)21(22)23;3-2(4,5)1(6)7/h1-4,9-10H,5-8,11H2;(H,6,7). The number of hydrogen-bond donors (Lipinski definition) is 1. The van der Waals surface area contributed by atoms with E-state index in [1.807, 2.05) is 0 Å². The van der Waals surface area contributed by atoms with E-state index in [1.54, 1.807) is 36.7 Å². The number of anilines is 1. The normalized spacial score (nSPS) is 14.6. The number of aromatic nitrogens is 2.